The molecule has 3 aromatic rings. The van der Waals surface area contributed by atoms with Crippen LogP contribution in [-0.4, -0.2) is 39.6 Å². The lowest BCUT2D eigenvalue weighted by molar-refractivity contribution is -0.137. The zero-order valence-electron chi connectivity index (χ0n) is 14.1. The van der Waals surface area contributed by atoms with Crippen molar-refractivity contribution in [1.82, 2.24) is 14.5 Å². The predicted molar refractivity (Wildman–Crippen MR) is 90.4 cm³/mol. The van der Waals surface area contributed by atoms with Crippen molar-refractivity contribution in [2.75, 3.05) is 14.1 Å². The lowest BCUT2D eigenvalue weighted by Gasteiger charge is -2.18. The monoisotopic (exact) mass is 363 g/mol. The molecule has 0 saturated carbocycles. The summed E-state index contributed by atoms with van der Waals surface area (Å²) >= 11 is 0. The van der Waals surface area contributed by atoms with Crippen LogP contribution in [0.5, 0.6) is 0 Å². The summed E-state index contributed by atoms with van der Waals surface area (Å²) in [5.74, 6) is -0.976. The van der Waals surface area contributed by atoms with Gasteiger partial charge in [-0.05, 0) is 44.4 Å². The fourth-order valence-corrected chi connectivity index (χ4v) is 2.82. The summed E-state index contributed by atoms with van der Waals surface area (Å²) < 4.78 is 42.4. The molecule has 0 fully saturated rings. The predicted octanol–water partition coefficient (Wildman–Crippen LogP) is 3.80. The molecule has 1 aromatic heterocycles. The van der Waals surface area contributed by atoms with Gasteiger partial charge in [-0.2, -0.15) is 13.2 Å². The number of carboxylic acid groups (broad SMARTS) is 1. The molecule has 1 N–H and O–H groups in total. The van der Waals surface area contributed by atoms with Gasteiger partial charge in [-0.25, -0.2) is 9.78 Å². The minimum absolute atomic E-state index is 0.145. The molecule has 0 aliphatic carbocycles. The number of benzene rings is 2. The number of aromatic carboxylic acids is 1. The molecule has 0 saturated heterocycles. The second kappa shape index (κ2) is 6.45. The maximum Gasteiger partial charge on any atom is 0.418 e. The highest BCUT2D eigenvalue weighted by atomic mass is 19.4. The van der Waals surface area contributed by atoms with Crippen LogP contribution < -0.4 is 0 Å². The third-order valence-electron chi connectivity index (χ3n) is 3.88. The van der Waals surface area contributed by atoms with E-state index in [0.717, 1.165) is 0 Å². The SMILES string of the molecule is CN(C)Cc1nc2ccccc2n1-c1ccc(C(=O)O)cc1C(F)(F)F. The van der Waals surface area contributed by atoms with E-state index in [1.54, 1.807) is 43.3 Å². The first-order chi connectivity index (χ1) is 12.2. The lowest BCUT2D eigenvalue weighted by atomic mass is 10.1. The van der Waals surface area contributed by atoms with Crippen LogP contribution in [0.4, 0.5) is 13.2 Å². The van der Waals surface area contributed by atoms with Crippen molar-refractivity contribution < 1.29 is 23.1 Å². The quantitative estimate of drug-likeness (QED) is 0.766. The van der Waals surface area contributed by atoms with Crippen molar-refractivity contribution in [3.63, 3.8) is 0 Å². The Balaban J connectivity index is 2.34. The Bertz CT molecular complexity index is 977. The van der Waals surface area contributed by atoms with Crippen LogP contribution in [0.1, 0.15) is 21.7 Å². The molecule has 0 atom stereocenters. The van der Waals surface area contributed by atoms with E-state index in [4.69, 9.17) is 5.11 Å². The number of carboxylic acids is 1. The standard InChI is InChI=1S/C18H16F3N3O2/c1-23(2)10-16-22-13-5-3-4-6-15(13)24(16)14-8-7-11(17(25)26)9-12(14)18(19,20)21/h3-9H,10H2,1-2H3,(H,25,26). The van der Waals surface area contributed by atoms with Crippen LogP contribution in [0.25, 0.3) is 16.7 Å². The highest BCUT2D eigenvalue weighted by Crippen LogP contribution is 2.36. The van der Waals surface area contributed by atoms with Gasteiger partial charge in [-0.3, -0.25) is 4.57 Å². The maximum absolute atomic E-state index is 13.6. The van der Waals surface area contributed by atoms with Gasteiger partial charge in [0.05, 0.1) is 34.4 Å². The van der Waals surface area contributed by atoms with Gasteiger partial charge in [0, 0.05) is 0 Å². The molecule has 0 unspecified atom stereocenters. The average molecular weight is 363 g/mol. The smallest absolute Gasteiger partial charge is 0.418 e. The minimum Gasteiger partial charge on any atom is -0.478 e. The van der Waals surface area contributed by atoms with Gasteiger partial charge in [0.15, 0.2) is 0 Å². The molecule has 0 aliphatic rings. The van der Waals surface area contributed by atoms with Crippen LogP contribution in [0.3, 0.4) is 0 Å². The van der Waals surface area contributed by atoms with Crippen LogP contribution in [-0.2, 0) is 12.7 Å². The Hall–Kier alpha value is -2.87. The molecular weight excluding hydrogens is 347 g/mol. The summed E-state index contributed by atoms with van der Waals surface area (Å²) in [6.45, 7) is 0.326. The van der Waals surface area contributed by atoms with Gasteiger partial charge in [0.25, 0.3) is 0 Å². The van der Waals surface area contributed by atoms with Gasteiger partial charge in [0.2, 0.25) is 0 Å². The highest BCUT2D eigenvalue weighted by molar-refractivity contribution is 5.88. The second-order valence-electron chi connectivity index (χ2n) is 6.12. The summed E-state index contributed by atoms with van der Waals surface area (Å²) in [5, 5.41) is 9.05. The van der Waals surface area contributed by atoms with E-state index in [-0.39, 0.29) is 5.69 Å². The van der Waals surface area contributed by atoms with Gasteiger partial charge in [-0.15, -0.1) is 0 Å². The van der Waals surface area contributed by atoms with Crippen molar-refractivity contribution >= 4 is 17.0 Å². The normalized spacial score (nSPS) is 12.1. The van der Waals surface area contributed by atoms with Crippen molar-refractivity contribution in [1.29, 1.82) is 0 Å². The number of nitrogens with zero attached hydrogens (tertiary/aromatic N) is 3. The van der Waals surface area contributed by atoms with Crippen LogP contribution in [0.2, 0.25) is 0 Å². The fourth-order valence-electron chi connectivity index (χ4n) is 2.82. The van der Waals surface area contributed by atoms with E-state index in [1.165, 1.54) is 16.7 Å². The third-order valence-corrected chi connectivity index (χ3v) is 3.88. The van der Waals surface area contributed by atoms with E-state index in [1.807, 2.05) is 0 Å². The number of halogens is 3. The van der Waals surface area contributed by atoms with E-state index >= 15 is 0 Å². The fraction of sp³-hybridized carbons (Fsp3) is 0.222. The van der Waals surface area contributed by atoms with Crippen molar-refractivity contribution in [3.8, 4) is 5.69 Å². The van der Waals surface area contributed by atoms with Gasteiger partial charge in [0.1, 0.15) is 5.82 Å². The zero-order valence-corrected chi connectivity index (χ0v) is 14.1. The first-order valence-electron chi connectivity index (χ1n) is 7.74. The highest BCUT2D eigenvalue weighted by Gasteiger charge is 2.35. The molecule has 8 heteroatoms. The number of imidazole rings is 1. The summed E-state index contributed by atoms with van der Waals surface area (Å²) in [6.07, 6.45) is -4.71. The van der Waals surface area contributed by atoms with Crippen molar-refractivity contribution in [2.24, 2.45) is 0 Å². The summed E-state index contributed by atoms with van der Waals surface area (Å²) in [7, 11) is 3.59. The van der Waals surface area contributed by atoms with Gasteiger partial charge in [-0.1, -0.05) is 12.1 Å². The molecule has 3 rings (SSSR count). The molecule has 5 nitrogen and oxygen atoms in total. The molecule has 0 aliphatic heterocycles. The number of hydrogen-bond acceptors (Lipinski definition) is 3. The molecule has 136 valence electrons. The molecular formula is C18H16F3N3O2. The second-order valence-corrected chi connectivity index (χ2v) is 6.12. The van der Waals surface area contributed by atoms with E-state index in [0.29, 0.717) is 29.5 Å². The first-order valence-corrected chi connectivity index (χ1v) is 7.74. The number of alkyl halides is 3. The van der Waals surface area contributed by atoms with Gasteiger partial charge < -0.3 is 10.0 Å². The Labute approximate surface area is 147 Å². The Morgan fingerprint density at radius 3 is 2.50 bits per heavy atom. The largest absolute Gasteiger partial charge is 0.478 e. The van der Waals surface area contributed by atoms with Crippen LogP contribution in [0.15, 0.2) is 42.5 Å². The molecule has 0 spiro atoms. The summed E-state index contributed by atoms with van der Waals surface area (Å²) in [4.78, 5) is 17.4. The molecule has 2 aromatic carbocycles. The zero-order chi connectivity index (χ0) is 19.1. The molecule has 1 heterocycles. The van der Waals surface area contributed by atoms with E-state index in [2.05, 4.69) is 4.98 Å². The Kier molecular flexibility index (Phi) is 4.45. The number of carbonyl (C=O) groups is 1. The lowest BCUT2D eigenvalue weighted by Crippen LogP contribution is -2.18. The Morgan fingerprint density at radius 2 is 1.88 bits per heavy atom. The minimum atomic E-state index is -4.71. The molecule has 0 amide bonds. The van der Waals surface area contributed by atoms with Crippen LogP contribution >= 0.6 is 0 Å². The van der Waals surface area contributed by atoms with Crippen molar-refractivity contribution in [2.45, 2.75) is 12.7 Å². The summed E-state index contributed by atoms with van der Waals surface area (Å²) in [6, 6.07) is 9.90. The number of fused-ring (bicyclic) bond motifs is 1. The topological polar surface area (TPSA) is 58.4 Å². The first kappa shape index (κ1) is 17.9. The van der Waals surface area contributed by atoms with Crippen molar-refractivity contribution in [3.05, 3.63) is 59.4 Å². The number of hydrogen-bond donors (Lipinski definition) is 1. The van der Waals surface area contributed by atoms with E-state index < -0.39 is 23.3 Å². The Morgan fingerprint density at radius 1 is 1.19 bits per heavy atom. The summed E-state index contributed by atoms with van der Waals surface area (Å²) in [5.41, 5.74) is -0.481. The maximum atomic E-state index is 13.6. The van der Waals surface area contributed by atoms with Crippen LogP contribution in [0, 0.1) is 0 Å². The molecule has 0 bridgehead atoms. The number of para-hydroxylation sites is 2. The number of aromatic nitrogens is 2. The molecule has 26 heavy (non-hydrogen) atoms. The third kappa shape index (κ3) is 3.28. The molecule has 0 radical (unpaired) electrons. The average Bonchev–Trinajstić information content (AvgIpc) is 2.90. The van der Waals surface area contributed by atoms with Gasteiger partial charge >= 0.3 is 12.1 Å². The van der Waals surface area contributed by atoms with E-state index in [9.17, 15) is 18.0 Å². The number of rotatable bonds is 4.